The van der Waals surface area contributed by atoms with E-state index in [2.05, 4.69) is 15.6 Å². The van der Waals surface area contributed by atoms with E-state index in [0.717, 1.165) is 0 Å². The lowest BCUT2D eigenvalue weighted by Gasteiger charge is -2.07. The lowest BCUT2D eigenvalue weighted by Crippen LogP contribution is -2.39. The normalized spacial score (nSPS) is 10.1. The third kappa shape index (κ3) is 6.60. The van der Waals surface area contributed by atoms with Gasteiger partial charge in [-0.25, -0.2) is 9.78 Å². The Morgan fingerprint density at radius 2 is 1.88 bits per heavy atom. The average Bonchev–Trinajstić information content (AvgIpc) is 3.08. The van der Waals surface area contributed by atoms with Crippen LogP contribution in [0.15, 0.2) is 35.7 Å². The Morgan fingerprint density at radius 3 is 2.56 bits per heavy atom. The highest BCUT2D eigenvalue weighted by Gasteiger charge is 2.09. The maximum atomic E-state index is 11.6. The predicted octanol–water partition coefficient (Wildman–Crippen LogP) is 0.695. The molecule has 1 heterocycles. The molecular formula is C16H17N3O5S. The van der Waals surface area contributed by atoms with Gasteiger partial charge < -0.3 is 20.5 Å². The summed E-state index contributed by atoms with van der Waals surface area (Å²) in [5.74, 6) is -1.24. The number of benzene rings is 1. The van der Waals surface area contributed by atoms with Crippen molar-refractivity contribution < 1.29 is 24.2 Å². The molecule has 2 rings (SSSR count). The molecule has 0 aliphatic heterocycles. The second-order valence-corrected chi connectivity index (χ2v) is 5.85. The van der Waals surface area contributed by atoms with Gasteiger partial charge in [-0.2, -0.15) is 0 Å². The standard InChI is InChI=1S/C16H17N3O5S/c20-13(17-7-6-15-19-12(10-25-15)16(22)23)8-18-14(21)9-24-11-4-2-1-3-5-11/h1-5,10H,6-9H2,(H,17,20)(H,18,21)(H,22,23). The molecule has 0 unspecified atom stereocenters. The molecule has 2 amide bonds. The second-order valence-electron chi connectivity index (χ2n) is 4.91. The van der Waals surface area contributed by atoms with E-state index in [0.29, 0.717) is 23.7 Å². The minimum atomic E-state index is -1.08. The van der Waals surface area contributed by atoms with Crippen molar-refractivity contribution in [2.24, 2.45) is 0 Å². The summed E-state index contributed by atoms with van der Waals surface area (Å²) in [5, 5.41) is 15.9. The second kappa shape index (κ2) is 9.38. The minimum absolute atomic E-state index is 0.00277. The first-order valence-corrected chi connectivity index (χ1v) is 8.31. The van der Waals surface area contributed by atoms with Gasteiger partial charge in [-0.3, -0.25) is 9.59 Å². The van der Waals surface area contributed by atoms with Gasteiger partial charge in [-0.05, 0) is 12.1 Å². The van der Waals surface area contributed by atoms with Crippen molar-refractivity contribution in [1.82, 2.24) is 15.6 Å². The summed E-state index contributed by atoms with van der Waals surface area (Å²) in [5.41, 5.74) is -0.00277. The Hall–Kier alpha value is -2.94. The van der Waals surface area contributed by atoms with E-state index in [1.807, 2.05) is 6.07 Å². The zero-order chi connectivity index (χ0) is 18.1. The van der Waals surface area contributed by atoms with Gasteiger partial charge in [0, 0.05) is 18.3 Å². The van der Waals surface area contributed by atoms with E-state index in [1.165, 1.54) is 16.7 Å². The number of amides is 2. The fourth-order valence-electron chi connectivity index (χ4n) is 1.79. The highest BCUT2D eigenvalue weighted by Crippen LogP contribution is 2.10. The molecule has 9 heteroatoms. The van der Waals surface area contributed by atoms with Gasteiger partial charge in [-0.15, -0.1) is 11.3 Å². The number of rotatable bonds is 9. The van der Waals surface area contributed by atoms with E-state index < -0.39 is 11.9 Å². The Bertz CT molecular complexity index is 732. The summed E-state index contributed by atoms with van der Waals surface area (Å²) < 4.78 is 5.26. The van der Waals surface area contributed by atoms with Gasteiger partial charge in [0.05, 0.1) is 11.6 Å². The first-order chi connectivity index (χ1) is 12.0. The first-order valence-electron chi connectivity index (χ1n) is 7.43. The number of nitrogens with zero attached hydrogens (tertiary/aromatic N) is 1. The molecule has 2 aromatic rings. The number of aromatic carboxylic acids is 1. The van der Waals surface area contributed by atoms with Gasteiger partial charge in [0.1, 0.15) is 5.75 Å². The number of carboxylic acid groups (broad SMARTS) is 1. The minimum Gasteiger partial charge on any atom is -0.484 e. The van der Waals surface area contributed by atoms with Crippen molar-refractivity contribution in [2.75, 3.05) is 19.7 Å². The third-order valence-electron chi connectivity index (χ3n) is 2.99. The molecule has 0 saturated heterocycles. The van der Waals surface area contributed by atoms with Crippen molar-refractivity contribution >= 4 is 29.1 Å². The lowest BCUT2D eigenvalue weighted by molar-refractivity contribution is -0.127. The zero-order valence-electron chi connectivity index (χ0n) is 13.2. The fraction of sp³-hybridized carbons (Fsp3) is 0.250. The van der Waals surface area contributed by atoms with Crippen LogP contribution in [0, 0.1) is 0 Å². The van der Waals surface area contributed by atoms with Crippen molar-refractivity contribution in [3.63, 3.8) is 0 Å². The average molecular weight is 363 g/mol. The van der Waals surface area contributed by atoms with E-state index >= 15 is 0 Å². The summed E-state index contributed by atoms with van der Waals surface area (Å²) in [6.45, 7) is -0.0224. The van der Waals surface area contributed by atoms with E-state index in [9.17, 15) is 14.4 Å². The van der Waals surface area contributed by atoms with E-state index in [4.69, 9.17) is 9.84 Å². The molecule has 0 atom stereocenters. The monoisotopic (exact) mass is 363 g/mol. The molecule has 3 N–H and O–H groups in total. The van der Waals surface area contributed by atoms with Crippen molar-refractivity contribution in [1.29, 1.82) is 0 Å². The van der Waals surface area contributed by atoms with E-state index in [1.54, 1.807) is 24.3 Å². The topological polar surface area (TPSA) is 118 Å². The van der Waals surface area contributed by atoms with Crippen molar-refractivity contribution in [3.05, 3.63) is 46.4 Å². The van der Waals surface area contributed by atoms with Crippen LogP contribution in [0.3, 0.4) is 0 Å². The number of hydrogen-bond donors (Lipinski definition) is 3. The number of carbonyl (C=O) groups excluding carboxylic acids is 2. The van der Waals surface area contributed by atoms with Crippen LogP contribution in [-0.4, -0.2) is 47.6 Å². The van der Waals surface area contributed by atoms with Crippen LogP contribution in [0.25, 0.3) is 0 Å². The number of nitrogens with one attached hydrogen (secondary N) is 2. The zero-order valence-corrected chi connectivity index (χ0v) is 14.0. The summed E-state index contributed by atoms with van der Waals surface area (Å²) in [7, 11) is 0. The van der Waals surface area contributed by atoms with Gasteiger partial charge in [-0.1, -0.05) is 18.2 Å². The van der Waals surface area contributed by atoms with Crippen LogP contribution in [0.1, 0.15) is 15.5 Å². The van der Waals surface area contributed by atoms with Gasteiger partial charge in [0.25, 0.3) is 5.91 Å². The first kappa shape index (κ1) is 18.4. The molecule has 0 fully saturated rings. The Balaban J connectivity index is 1.60. The smallest absolute Gasteiger partial charge is 0.355 e. The largest absolute Gasteiger partial charge is 0.484 e. The Morgan fingerprint density at radius 1 is 1.12 bits per heavy atom. The summed E-state index contributed by atoms with van der Waals surface area (Å²) in [4.78, 5) is 37.9. The number of aromatic nitrogens is 1. The van der Waals surface area contributed by atoms with Gasteiger partial charge >= 0.3 is 5.97 Å². The number of carboxylic acids is 1. The van der Waals surface area contributed by atoms with Gasteiger partial charge in [0.15, 0.2) is 12.3 Å². The maximum absolute atomic E-state index is 11.6. The molecule has 8 nitrogen and oxygen atoms in total. The van der Waals surface area contributed by atoms with Crippen LogP contribution in [0.2, 0.25) is 0 Å². The number of thiazole rings is 1. The molecule has 0 aliphatic carbocycles. The summed E-state index contributed by atoms with van der Waals surface area (Å²) in [6.07, 6.45) is 0.425. The van der Waals surface area contributed by atoms with Gasteiger partial charge in [0.2, 0.25) is 5.91 Å². The van der Waals surface area contributed by atoms with Crippen LogP contribution in [0.4, 0.5) is 0 Å². The molecule has 1 aromatic heterocycles. The number of carbonyl (C=O) groups is 3. The molecule has 0 radical (unpaired) electrons. The summed E-state index contributed by atoms with van der Waals surface area (Å²) in [6, 6.07) is 8.89. The number of hydrogen-bond acceptors (Lipinski definition) is 6. The lowest BCUT2D eigenvalue weighted by atomic mass is 10.3. The summed E-state index contributed by atoms with van der Waals surface area (Å²) >= 11 is 1.22. The number of ether oxygens (including phenoxy) is 1. The van der Waals surface area contributed by atoms with Crippen LogP contribution in [0.5, 0.6) is 5.75 Å². The maximum Gasteiger partial charge on any atom is 0.355 e. The van der Waals surface area contributed by atoms with Crippen molar-refractivity contribution in [3.8, 4) is 5.75 Å². The molecule has 0 spiro atoms. The molecule has 1 aromatic carbocycles. The quantitative estimate of drug-likeness (QED) is 0.603. The molecular weight excluding hydrogens is 346 g/mol. The molecule has 0 bridgehead atoms. The SMILES string of the molecule is O=C(CNC(=O)COc1ccccc1)NCCc1nc(C(=O)O)cs1. The van der Waals surface area contributed by atoms with Crippen LogP contribution in [-0.2, 0) is 16.0 Å². The van der Waals surface area contributed by atoms with Crippen LogP contribution >= 0.6 is 11.3 Å². The highest BCUT2D eigenvalue weighted by atomic mass is 32.1. The molecule has 0 aliphatic rings. The van der Waals surface area contributed by atoms with Crippen molar-refractivity contribution in [2.45, 2.75) is 6.42 Å². The third-order valence-corrected chi connectivity index (χ3v) is 3.90. The molecule has 25 heavy (non-hydrogen) atoms. The predicted molar refractivity (Wildman–Crippen MR) is 90.7 cm³/mol. The van der Waals surface area contributed by atoms with E-state index in [-0.39, 0.29) is 24.8 Å². The molecule has 0 saturated carbocycles. The Labute approximate surface area is 147 Å². The molecule has 132 valence electrons. The highest BCUT2D eigenvalue weighted by molar-refractivity contribution is 7.09. The Kier molecular flexibility index (Phi) is 6.90. The van der Waals surface area contributed by atoms with Crippen LogP contribution < -0.4 is 15.4 Å². The fourth-order valence-corrected chi connectivity index (χ4v) is 2.56. The number of para-hydroxylation sites is 1.